The van der Waals surface area contributed by atoms with E-state index in [1.165, 1.54) is 17.3 Å². The van der Waals surface area contributed by atoms with Gasteiger partial charge in [0.2, 0.25) is 5.95 Å². The van der Waals surface area contributed by atoms with Gasteiger partial charge in [-0.05, 0) is 55.0 Å². The summed E-state index contributed by atoms with van der Waals surface area (Å²) in [5.41, 5.74) is 1.00. The molecule has 1 saturated heterocycles. The van der Waals surface area contributed by atoms with Crippen LogP contribution in [0.5, 0.6) is 5.75 Å². The quantitative estimate of drug-likeness (QED) is 0.333. The van der Waals surface area contributed by atoms with E-state index in [-0.39, 0.29) is 17.3 Å². The Morgan fingerprint density at radius 2 is 1.81 bits per heavy atom. The molecule has 2 aromatic carbocycles. The summed E-state index contributed by atoms with van der Waals surface area (Å²) in [5.74, 6) is -1.15. The number of carbonyl (C=O) groups excluding carboxylic acids is 2. The second-order valence-electron chi connectivity index (χ2n) is 6.73. The Hall–Kier alpha value is -3.52. The van der Waals surface area contributed by atoms with Gasteiger partial charge in [0.15, 0.2) is 0 Å². The van der Waals surface area contributed by atoms with Crippen LogP contribution in [-0.4, -0.2) is 33.4 Å². The SMILES string of the molecule is CCOc1ccc(/C(O)=C2/C(=O)C(=O)N(c3ncccn3)C2c2cccc(Br)c2)cc1. The Balaban J connectivity index is 1.89. The molecule has 1 amide bonds. The zero-order valence-corrected chi connectivity index (χ0v) is 18.1. The molecule has 0 saturated carbocycles. The number of hydrogen-bond acceptors (Lipinski definition) is 6. The van der Waals surface area contributed by atoms with Crippen LogP contribution in [0.15, 0.2) is 77.0 Å². The van der Waals surface area contributed by atoms with Gasteiger partial charge in [0.25, 0.3) is 5.78 Å². The molecule has 4 rings (SSSR count). The molecule has 1 N–H and O–H groups in total. The first kappa shape index (κ1) is 20.7. The van der Waals surface area contributed by atoms with Crippen molar-refractivity contribution < 1.29 is 19.4 Å². The fourth-order valence-corrected chi connectivity index (χ4v) is 3.89. The molecule has 1 aromatic heterocycles. The molecule has 31 heavy (non-hydrogen) atoms. The highest BCUT2D eigenvalue weighted by Gasteiger charge is 2.48. The molecule has 0 aliphatic carbocycles. The number of carbonyl (C=O) groups is 2. The number of benzene rings is 2. The standard InChI is InChI=1S/C23H18BrN3O4/c1-2-31-17-9-7-14(8-10-17)20(28)18-19(15-5-3-6-16(24)13-15)27(22(30)21(18)29)23-25-11-4-12-26-23/h3-13,19,28H,2H2,1H3/b20-18-. The molecule has 1 fully saturated rings. The lowest BCUT2D eigenvalue weighted by atomic mass is 9.95. The number of aliphatic hydroxyl groups excluding tert-OH is 1. The van der Waals surface area contributed by atoms with E-state index in [2.05, 4.69) is 25.9 Å². The maximum atomic E-state index is 13.0. The highest BCUT2D eigenvalue weighted by Crippen LogP contribution is 2.41. The zero-order chi connectivity index (χ0) is 22.0. The number of ether oxygens (including phenoxy) is 1. The predicted octanol–water partition coefficient (Wildman–Crippen LogP) is 4.26. The van der Waals surface area contributed by atoms with Crippen molar-refractivity contribution in [3.8, 4) is 5.75 Å². The maximum absolute atomic E-state index is 13.0. The van der Waals surface area contributed by atoms with Crippen LogP contribution in [0.3, 0.4) is 0 Å². The molecule has 0 spiro atoms. The third-order valence-electron chi connectivity index (χ3n) is 4.82. The lowest BCUT2D eigenvalue weighted by molar-refractivity contribution is -0.132. The molecule has 3 aromatic rings. The van der Waals surface area contributed by atoms with Crippen molar-refractivity contribution in [3.63, 3.8) is 0 Å². The lowest BCUT2D eigenvalue weighted by Gasteiger charge is -2.23. The van der Waals surface area contributed by atoms with E-state index < -0.39 is 17.7 Å². The Morgan fingerprint density at radius 1 is 1.10 bits per heavy atom. The van der Waals surface area contributed by atoms with Gasteiger partial charge in [-0.3, -0.25) is 14.5 Å². The van der Waals surface area contributed by atoms with Crippen LogP contribution in [-0.2, 0) is 9.59 Å². The number of halogens is 1. The largest absolute Gasteiger partial charge is 0.507 e. The molecular weight excluding hydrogens is 462 g/mol. The van der Waals surface area contributed by atoms with Crippen LogP contribution in [0.1, 0.15) is 24.1 Å². The minimum Gasteiger partial charge on any atom is -0.507 e. The third-order valence-corrected chi connectivity index (χ3v) is 5.31. The fourth-order valence-electron chi connectivity index (χ4n) is 3.48. The summed E-state index contributed by atoms with van der Waals surface area (Å²) >= 11 is 3.43. The molecule has 1 aliphatic heterocycles. The minimum atomic E-state index is -0.883. The van der Waals surface area contributed by atoms with Crippen LogP contribution in [0.25, 0.3) is 5.76 Å². The van der Waals surface area contributed by atoms with E-state index in [4.69, 9.17) is 4.74 Å². The minimum absolute atomic E-state index is 0.0280. The van der Waals surface area contributed by atoms with Gasteiger partial charge in [0.05, 0.1) is 18.2 Å². The summed E-state index contributed by atoms with van der Waals surface area (Å²) in [6, 6.07) is 14.6. The van der Waals surface area contributed by atoms with Crippen molar-refractivity contribution in [3.05, 3.63) is 88.2 Å². The van der Waals surface area contributed by atoms with Crippen LogP contribution < -0.4 is 9.64 Å². The second kappa shape index (κ2) is 8.69. The number of Topliss-reactive ketones (excluding diaryl/α,β-unsaturated/α-hetero) is 1. The Labute approximate surface area is 187 Å². The van der Waals surface area contributed by atoms with E-state index >= 15 is 0 Å². The molecule has 1 unspecified atom stereocenters. The molecule has 7 nitrogen and oxygen atoms in total. The molecule has 0 radical (unpaired) electrons. The van der Waals surface area contributed by atoms with Crippen molar-refractivity contribution in [2.45, 2.75) is 13.0 Å². The van der Waals surface area contributed by atoms with Gasteiger partial charge in [-0.25, -0.2) is 9.97 Å². The van der Waals surface area contributed by atoms with Gasteiger partial charge in [-0.2, -0.15) is 0 Å². The smallest absolute Gasteiger partial charge is 0.302 e. The van der Waals surface area contributed by atoms with E-state index in [9.17, 15) is 14.7 Å². The summed E-state index contributed by atoms with van der Waals surface area (Å²) < 4.78 is 6.20. The number of rotatable bonds is 5. The van der Waals surface area contributed by atoms with Gasteiger partial charge in [0.1, 0.15) is 11.5 Å². The first-order valence-electron chi connectivity index (χ1n) is 9.58. The molecule has 2 heterocycles. The fraction of sp³-hybridized carbons (Fsp3) is 0.130. The number of aromatic nitrogens is 2. The number of ketones is 1. The topological polar surface area (TPSA) is 92.6 Å². The summed E-state index contributed by atoms with van der Waals surface area (Å²) in [7, 11) is 0. The van der Waals surface area contributed by atoms with Crippen molar-refractivity contribution in [2.75, 3.05) is 11.5 Å². The van der Waals surface area contributed by atoms with Crippen LogP contribution >= 0.6 is 15.9 Å². The normalized spacial score (nSPS) is 17.7. The molecule has 156 valence electrons. The highest BCUT2D eigenvalue weighted by molar-refractivity contribution is 9.10. The van der Waals surface area contributed by atoms with E-state index in [0.717, 1.165) is 4.47 Å². The summed E-state index contributed by atoms with van der Waals surface area (Å²) in [5, 5.41) is 11.1. The van der Waals surface area contributed by atoms with Crippen molar-refractivity contribution >= 4 is 39.3 Å². The van der Waals surface area contributed by atoms with Gasteiger partial charge < -0.3 is 9.84 Å². The van der Waals surface area contributed by atoms with Gasteiger partial charge >= 0.3 is 5.91 Å². The highest BCUT2D eigenvalue weighted by atomic mass is 79.9. The van der Waals surface area contributed by atoms with Gasteiger partial charge in [0, 0.05) is 22.4 Å². The van der Waals surface area contributed by atoms with Gasteiger partial charge in [-0.15, -0.1) is 0 Å². The van der Waals surface area contributed by atoms with Crippen molar-refractivity contribution in [1.82, 2.24) is 9.97 Å². The van der Waals surface area contributed by atoms with Crippen molar-refractivity contribution in [2.24, 2.45) is 0 Å². The van der Waals surface area contributed by atoms with Gasteiger partial charge in [-0.1, -0.05) is 28.1 Å². The Morgan fingerprint density at radius 3 is 2.45 bits per heavy atom. The number of aliphatic hydroxyl groups is 1. The number of hydrogen-bond donors (Lipinski definition) is 1. The van der Waals surface area contributed by atoms with E-state index in [1.807, 2.05) is 13.0 Å². The first-order chi connectivity index (χ1) is 15.0. The van der Waals surface area contributed by atoms with Crippen LogP contribution in [0, 0.1) is 0 Å². The first-order valence-corrected chi connectivity index (χ1v) is 10.4. The molecule has 0 bridgehead atoms. The van der Waals surface area contributed by atoms with E-state index in [1.54, 1.807) is 48.5 Å². The third kappa shape index (κ3) is 3.94. The monoisotopic (exact) mass is 479 g/mol. The maximum Gasteiger partial charge on any atom is 0.302 e. The zero-order valence-electron chi connectivity index (χ0n) is 16.5. The number of anilines is 1. The number of nitrogens with zero attached hydrogens (tertiary/aromatic N) is 3. The summed E-state index contributed by atoms with van der Waals surface area (Å²) in [6.45, 7) is 2.38. The lowest BCUT2D eigenvalue weighted by Crippen LogP contribution is -2.31. The molecule has 8 heteroatoms. The molecule has 1 atom stereocenters. The average Bonchev–Trinajstić information content (AvgIpc) is 3.05. The van der Waals surface area contributed by atoms with E-state index in [0.29, 0.717) is 23.5 Å². The average molecular weight is 480 g/mol. The van der Waals surface area contributed by atoms with Crippen LogP contribution in [0.4, 0.5) is 5.95 Å². The summed E-state index contributed by atoms with van der Waals surface area (Å²) in [4.78, 5) is 35.5. The van der Waals surface area contributed by atoms with Crippen molar-refractivity contribution in [1.29, 1.82) is 0 Å². The molecule has 1 aliphatic rings. The Bertz CT molecular complexity index is 1160. The Kier molecular flexibility index (Phi) is 5.81. The second-order valence-corrected chi connectivity index (χ2v) is 7.65. The predicted molar refractivity (Wildman–Crippen MR) is 119 cm³/mol. The van der Waals surface area contributed by atoms with Crippen LogP contribution in [0.2, 0.25) is 0 Å². The number of amides is 1. The summed E-state index contributed by atoms with van der Waals surface area (Å²) in [6.07, 6.45) is 2.98. The molecular formula is C23H18BrN3O4.